The number of aliphatic imine (C=N–C) groups is 1. The van der Waals surface area contributed by atoms with Gasteiger partial charge in [0.2, 0.25) is 5.91 Å². The molecule has 1 aliphatic carbocycles. The summed E-state index contributed by atoms with van der Waals surface area (Å²) in [6.07, 6.45) is 7.61. The smallest absolute Gasteiger partial charge is 0.225 e. The summed E-state index contributed by atoms with van der Waals surface area (Å²) in [5.74, 6) is 1.41. The lowest BCUT2D eigenvalue weighted by Gasteiger charge is -2.22. The number of thioether (sulfide) groups is 1. The second kappa shape index (κ2) is 10.4. The first-order valence-corrected chi connectivity index (χ1v) is 11.8. The summed E-state index contributed by atoms with van der Waals surface area (Å²) in [5, 5.41) is 7.98. The van der Waals surface area contributed by atoms with Gasteiger partial charge in [-0.25, -0.2) is 0 Å². The summed E-state index contributed by atoms with van der Waals surface area (Å²) in [6.45, 7) is 2.38. The van der Waals surface area contributed by atoms with E-state index in [0.717, 1.165) is 49.9 Å². The standard InChI is InChI=1S/C21H31ClN4OS/c1-23-21(24-13-19(28-2)16-8-5-9-17(22)12-16)25-18-10-11-26(14-18)20(27)15-6-3-4-7-15/h5,8-9,12,15,18-19H,3-4,6-7,10-11,13-14H2,1-2H3,(H2,23,24,25). The van der Waals surface area contributed by atoms with Gasteiger partial charge in [-0.15, -0.1) is 0 Å². The molecule has 2 atom stereocenters. The Morgan fingerprint density at radius 2 is 2.14 bits per heavy atom. The highest BCUT2D eigenvalue weighted by atomic mass is 35.5. The maximum absolute atomic E-state index is 12.6. The van der Waals surface area contributed by atoms with Gasteiger partial charge in [-0.2, -0.15) is 11.8 Å². The molecule has 3 rings (SSSR count). The summed E-state index contributed by atoms with van der Waals surface area (Å²) >= 11 is 7.93. The van der Waals surface area contributed by atoms with Gasteiger partial charge >= 0.3 is 0 Å². The van der Waals surface area contributed by atoms with Crippen molar-refractivity contribution in [2.75, 3.05) is 32.9 Å². The van der Waals surface area contributed by atoms with E-state index in [1.807, 2.05) is 23.1 Å². The van der Waals surface area contributed by atoms with Crippen LogP contribution >= 0.6 is 23.4 Å². The van der Waals surface area contributed by atoms with E-state index in [9.17, 15) is 4.79 Å². The van der Waals surface area contributed by atoms with Gasteiger partial charge in [-0.1, -0.05) is 36.6 Å². The van der Waals surface area contributed by atoms with Crippen molar-refractivity contribution in [2.24, 2.45) is 10.9 Å². The lowest BCUT2D eigenvalue weighted by molar-refractivity contribution is -0.134. The molecule has 1 heterocycles. The lowest BCUT2D eigenvalue weighted by Crippen LogP contribution is -2.46. The van der Waals surface area contributed by atoms with Crippen molar-refractivity contribution >= 4 is 35.2 Å². The van der Waals surface area contributed by atoms with Crippen LogP contribution in [0.25, 0.3) is 0 Å². The number of likely N-dealkylation sites (tertiary alicyclic amines) is 1. The molecule has 1 aromatic carbocycles. The molecule has 1 aromatic rings. The number of hydrogen-bond donors (Lipinski definition) is 2. The highest BCUT2D eigenvalue weighted by Gasteiger charge is 2.32. The largest absolute Gasteiger partial charge is 0.355 e. The molecule has 0 spiro atoms. The molecule has 1 amide bonds. The van der Waals surface area contributed by atoms with Crippen LogP contribution in [0.15, 0.2) is 29.3 Å². The molecular formula is C21H31ClN4OS. The van der Waals surface area contributed by atoms with E-state index in [1.165, 1.54) is 18.4 Å². The zero-order chi connectivity index (χ0) is 19.9. The Morgan fingerprint density at radius 1 is 1.36 bits per heavy atom. The van der Waals surface area contributed by atoms with Crippen LogP contribution in [0.4, 0.5) is 0 Å². The third-order valence-corrected chi connectivity index (χ3v) is 6.97. The fraction of sp³-hybridized carbons (Fsp3) is 0.619. The van der Waals surface area contributed by atoms with Crippen LogP contribution in [0.2, 0.25) is 5.02 Å². The number of carbonyl (C=O) groups is 1. The van der Waals surface area contributed by atoms with E-state index in [4.69, 9.17) is 11.6 Å². The third-order valence-electron chi connectivity index (χ3n) is 5.73. The first-order chi connectivity index (χ1) is 13.6. The Hall–Kier alpha value is -1.40. The van der Waals surface area contributed by atoms with Gasteiger partial charge in [-0.3, -0.25) is 9.79 Å². The van der Waals surface area contributed by atoms with Crippen LogP contribution in [-0.4, -0.2) is 55.7 Å². The highest BCUT2D eigenvalue weighted by molar-refractivity contribution is 7.98. The molecule has 1 saturated heterocycles. The van der Waals surface area contributed by atoms with E-state index in [0.29, 0.717) is 11.2 Å². The van der Waals surface area contributed by atoms with Crippen molar-refractivity contribution in [1.82, 2.24) is 15.5 Å². The predicted molar refractivity (Wildman–Crippen MR) is 119 cm³/mol. The molecule has 1 aliphatic heterocycles. The van der Waals surface area contributed by atoms with Crippen molar-refractivity contribution in [1.29, 1.82) is 0 Å². The first kappa shape index (κ1) is 21.3. The monoisotopic (exact) mass is 422 g/mol. The fourth-order valence-electron chi connectivity index (χ4n) is 4.13. The zero-order valence-electron chi connectivity index (χ0n) is 16.8. The fourth-order valence-corrected chi connectivity index (χ4v) is 5.00. The van der Waals surface area contributed by atoms with E-state index < -0.39 is 0 Å². The molecule has 0 radical (unpaired) electrons. The Balaban J connectivity index is 1.48. The summed E-state index contributed by atoms with van der Waals surface area (Å²) in [5.41, 5.74) is 1.21. The summed E-state index contributed by atoms with van der Waals surface area (Å²) in [6, 6.07) is 8.27. The van der Waals surface area contributed by atoms with E-state index in [2.05, 4.69) is 27.9 Å². The summed E-state index contributed by atoms with van der Waals surface area (Å²) in [7, 11) is 1.79. The van der Waals surface area contributed by atoms with Crippen molar-refractivity contribution in [3.8, 4) is 0 Å². The number of nitrogens with one attached hydrogen (secondary N) is 2. The van der Waals surface area contributed by atoms with Crippen LogP contribution < -0.4 is 10.6 Å². The van der Waals surface area contributed by atoms with Gasteiger partial charge in [0.15, 0.2) is 5.96 Å². The summed E-state index contributed by atoms with van der Waals surface area (Å²) in [4.78, 5) is 19.0. The van der Waals surface area contributed by atoms with Gasteiger partial charge in [0, 0.05) is 48.9 Å². The number of rotatable bonds is 6. The minimum Gasteiger partial charge on any atom is -0.355 e. The second-order valence-corrected chi connectivity index (χ2v) is 9.10. The van der Waals surface area contributed by atoms with Crippen LogP contribution in [0.5, 0.6) is 0 Å². The molecule has 0 aromatic heterocycles. The maximum Gasteiger partial charge on any atom is 0.225 e. The predicted octanol–water partition coefficient (Wildman–Crippen LogP) is 3.70. The molecule has 1 saturated carbocycles. The second-order valence-electron chi connectivity index (χ2n) is 7.63. The molecule has 7 heteroatoms. The van der Waals surface area contributed by atoms with Gasteiger partial charge in [0.05, 0.1) is 0 Å². The molecule has 28 heavy (non-hydrogen) atoms. The van der Waals surface area contributed by atoms with E-state index >= 15 is 0 Å². The van der Waals surface area contributed by atoms with Crippen molar-refractivity contribution in [3.05, 3.63) is 34.9 Å². The molecule has 2 fully saturated rings. The minimum absolute atomic E-state index is 0.260. The first-order valence-electron chi connectivity index (χ1n) is 10.1. The molecule has 5 nitrogen and oxygen atoms in total. The van der Waals surface area contributed by atoms with Crippen molar-refractivity contribution in [2.45, 2.75) is 43.4 Å². The number of nitrogens with zero attached hydrogens (tertiary/aromatic N) is 2. The van der Waals surface area contributed by atoms with Crippen LogP contribution in [0.1, 0.15) is 42.9 Å². The number of carbonyl (C=O) groups excluding carboxylic acids is 1. The average molecular weight is 423 g/mol. The molecule has 2 N–H and O–H groups in total. The number of benzene rings is 1. The molecule has 2 aliphatic rings. The van der Waals surface area contributed by atoms with Crippen molar-refractivity contribution in [3.63, 3.8) is 0 Å². The third kappa shape index (κ3) is 5.57. The normalized spacial score (nSPS) is 21.8. The lowest BCUT2D eigenvalue weighted by atomic mass is 10.1. The highest BCUT2D eigenvalue weighted by Crippen LogP contribution is 2.28. The van der Waals surface area contributed by atoms with Crippen LogP contribution in [0.3, 0.4) is 0 Å². The number of amides is 1. The quantitative estimate of drug-likeness (QED) is 0.542. The van der Waals surface area contributed by atoms with E-state index in [1.54, 1.807) is 18.8 Å². The van der Waals surface area contributed by atoms with Gasteiger partial charge in [-0.05, 0) is 43.2 Å². The molecular weight excluding hydrogens is 392 g/mol. The van der Waals surface area contributed by atoms with Crippen LogP contribution in [0, 0.1) is 5.92 Å². The maximum atomic E-state index is 12.6. The SMILES string of the molecule is CN=C(NCC(SC)c1cccc(Cl)c1)NC1CCN(C(=O)C2CCCC2)C1. The number of hydrogen-bond acceptors (Lipinski definition) is 3. The molecule has 154 valence electrons. The van der Waals surface area contributed by atoms with Gasteiger partial charge in [0.1, 0.15) is 0 Å². The Labute approximate surface area is 177 Å². The number of guanidine groups is 1. The average Bonchev–Trinajstić information content (AvgIpc) is 3.39. The van der Waals surface area contributed by atoms with Crippen molar-refractivity contribution < 1.29 is 4.79 Å². The minimum atomic E-state index is 0.260. The zero-order valence-corrected chi connectivity index (χ0v) is 18.4. The number of halogens is 1. The van der Waals surface area contributed by atoms with E-state index in [-0.39, 0.29) is 12.0 Å². The van der Waals surface area contributed by atoms with Gasteiger partial charge in [0.25, 0.3) is 0 Å². The van der Waals surface area contributed by atoms with Gasteiger partial charge < -0.3 is 15.5 Å². The van der Waals surface area contributed by atoms with Crippen LogP contribution in [-0.2, 0) is 4.79 Å². The molecule has 2 unspecified atom stereocenters. The Kier molecular flexibility index (Phi) is 7.91. The topological polar surface area (TPSA) is 56.7 Å². The Morgan fingerprint density at radius 3 is 2.82 bits per heavy atom. The molecule has 0 bridgehead atoms. The Bertz CT molecular complexity index is 693. The summed E-state index contributed by atoms with van der Waals surface area (Å²) < 4.78 is 0.